The molecule has 0 aliphatic rings. The summed E-state index contributed by atoms with van der Waals surface area (Å²) < 4.78 is 26.0. The first-order chi connectivity index (χ1) is 10.3. The van der Waals surface area contributed by atoms with Crippen LogP contribution in [-0.4, -0.2) is 31.0 Å². The molecule has 0 amide bonds. The molecule has 1 N–H and O–H groups in total. The van der Waals surface area contributed by atoms with Crippen molar-refractivity contribution in [2.75, 3.05) is 7.05 Å². The molecule has 124 valence electrons. The van der Waals surface area contributed by atoms with E-state index in [-0.39, 0.29) is 10.8 Å². The van der Waals surface area contributed by atoms with Gasteiger partial charge in [-0.1, -0.05) is 50.5 Å². The van der Waals surface area contributed by atoms with Crippen LogP contribution in [0.15, 0.2) is 41.4 Å². The SMILES string of the molecule is CCCC[C@H](O)[C@H](C)/C=C\N(C)S(=O)(=O)c1ccc(C)cc1. The molecule has 0 fully saturated rings. The van der Waals surface area contributed by atoms with Crippen LogP contribution in [0.4, 0.5) is 0 Å². The smallest absolute Gasteiger partial charge is 0.263 e. The summed E-state index contributed by atoms with van der Waals surface area (Å²) in [5.41, 5.74) is 1.02. The van der Waals surface area contributed by atoms with Crippen molar-refractivity contribution in [3.63, 3.8) is 0 Å². The van der Waals surface area contributed by atoms with Gasteiger partial charge in [0, 0.05) is 19.2 Å². The van der Waals surface area contributed by atoms with Crippen molar-refractivity contribution in [3.8, 4) is 0 Å². The Morgan fingerprint density at radius 3 is 2.41 bits per heavy atom. The first-order valence-corrected chi connectivity index (χ1v) is 9.14. The van der Waals surface area contributed by atoms with Crippen molar-refractivity contribution in [3.05, 3.63) is 42.1 Å². The van der Waals surface area contributed by atoms with Gasteiger partial charge in [0.2, 0.25) is 0 Å². The number of aliphatic hydroxyl groups excluding tert-OH is 1. The van der Waals surface area contributed by atoms with E-state index >= 15 is 0 Å². The molecule has 0 saturated heterocycles. The zero-order valence-corrected chi connectivity index (χ0v) is 14.7. The van der Waals surface area contributed by atoms with Crippen LogP contribution in [0.25, 0.3) is 0 Å². The molecule has 0 aliphatic carbocycles. The number of rotatable bonds is 8. The topological polar surface area (TPSA) is 57.6 Å². The minimum atomic E-state index is -3.53. The van der Waals surface area contributed by atoms with Gasteiger partial charge >= 0.3 is 0 Å². The van der Waals surface area contributed by atoms with E-state index in [4.69, 9.17) is 0 Å². The summed E-state index contributed by atoms with van der Waals surface area (Å²) in [5.74, 6) is -0.0813. The second kappa shape index (κ2) is 8.34. The molecule has 1 aromatic rings. The lowest BCUT2D eigenvalue weighted by atomic mass is 10.00. The lowest BCUT2D eigenvalue weighted by molar-refractivity contribution is 0.125. The molecule has 1 rings (SSSR count). The van der Waals surface area contributed by atoms with Gasteiger partial charge < -0.3 is 5.11 Å². The number of aryl methyl sites for hydroxylation is 1. The van der Waals surface area contributed by atoms with Crippen molar-refractivity contribution in [2.24, 2.45) is 5.92 Å². The van der Waals surface area contributed by atoms with Crippen LogP contribution in [0.1, 0.15) is 38.7 Å². The van der Waals surface area contributed by atoms with Crippen molar-refractivity contribution >= 4 is 10.0 Å². The van der Waals surface area contributed by atoms with Crippen molar-refractivity contribution in [2.45, 2.75) is 51.0 Å². The van der Waals surface area contributed by atoms with E-state index in [1.165, 1.54) is 17.6 Å². The van der Waals surface area contributed by atoms with Gasteiger partial charge in [-0.2, -0.15) is 0 Å². The second-order valence-corrected chi connectivity index (χ2v) is 7.74. The highest BCUT2D eigenvalue weighted by molar-refractivity contribution is 7.89. The molecule has 5 heteroatoms. The third kappa shape index (κ3) is 5.14. The van der Waals surface area contributed by atoms with E-state index in [0.717, 1.165) is 24.8 Å². The predicted octanol–water partition coefficient (Wildman–Crippen LogP) is 3.32. The molecule has 0 spiro atoms. The highest BCUT2D eigenvalue weighted by Gasteiger charge is 2.18. The Morgan fingerprint density at radius 2 is 1.86 bits per heavy atom. The Balaban J connectivity index is 2.76. The summed E-state index contributed by atoms with van der Waals surface area (Å²) in [6.07, 6.45) is 5.57. The van der Waals surface area contributed by atoms with Crippen LogP contribution < -0.4 is 0 Å². The van der Waals surface area contributed by atoms with Gasteiger partial charge in [-0.05, 0) is 25.5 Å². The number of unbranched alkanes of at least 4 members (excludes halogenated alkanes) is 1. The average molecular weight is 325 g/mol. The molecular formula is C17H27NO3S. The molecule has 4 nitrogen and oxygen atoms in total. The molecule has 0 heterocycles. The largest absolute Gasteiger partial charge is 0.393 e. The van der Waals surface area contributed by atoms with Gasteiger partial charge in [-0.15, -0.1) is 0 Å². The second-order valence-electron chi connectivity index (χ2n) is 5.74. The maximum atomic E-state index is 12.4. The molecule has 2 atom stereocenters. The minimum absolute atomic E-state index is 0.0813. The fraction of sp³-hybridized carbons (Fsp3) is 0.529. The van der Waals surface area contributed by atoms with Gasteiger partial charge in [0.15, 0.2) is 0 Å². The number of nitrogens with zero attached hydrogens (tertiary/aromatic N) is 1. The summed E-state index contributed by atoms with van der Waals surface area (Å²) in [5, 5.41) is 9.99. The predicted molar refractivity (Wildman–Crippen MR) is 90.0 cm³/mol. The zero-order valence-electron chi connectivity index (χ0n) is 13.9. The van der Waals surface area contributed by atoms with Crippen LogP contribution in [0.3, 0.4) is 0 Å². The molecule has 0 bridgehead atoms. The third-order valence-corrected chi connectivity index (χ3v) is 5.51. The summed E-state index contributed by atoms with van der Waals surface area (Å²) in [6.45, 7) is 5.89. The van der Waals surface area contributed by atoms with Crippen molar-refractivity contribution in [1.82, 2.24) is 4.31 Å². The van der Waals surface area contributed by atoms with Crippen LogP contribution in [0.2, 0.25) is 0 Å². The third-order valence-electron chi connectivity index (χ3n) is 3.76. The van der Waals surface area contributed by atoms with Crippen LogP contribution >= 0.6 is 0 Å². The van der Waals surface area contributed by atoms with Crippen LogP contribution in [0.5, 0.6) is 0 Å². The summed E-state index contributed by atoms with van der Waals surface area (Å²) in [6, 6.07) is 6.77. The zero-order chi connectivity index (χ0) is 16.8. The summed E-state index contributed by atoms with van der Waals surface area (Å²) >= 11 is 0. The van der Waals surface area contributed by atoms with E-state index < -0.39 is 16.1 Å². The van der Waals surface area contributed by atoms with E-state index in [0.29, 0.717) is 0 Å². The highest BCUT2D eigenvalue weighted by Crippen LogP contribution is 2.17. The molecular weight excluding hydrogens is 298 g/mol. The quantitative estimate of drug-likeness (QED) is 0.797. The van der Waals surface area contributed by atoms with Gasteiger partial charge in [-0.25, -0.2) is 8.42 Å². The Bertz CT molecular complexity index is 578. The monoisotopic (exact) mass is 325 g/mol. The van der Waals surface area contributed by atoms with Crippen molar-refractivity contribution < 1.29 is 13.5 Å². The van der Waals surface area contributed by atoms with Crippen LogP contribution in [-0.2, 0) is 10.0 Å². The lowest BCUT2D eigenvalue weighted by Crippen LogP contribution is -2.23. The normalized spacial score (nSPS) is 15.0. The number of benzene rings is 1. The van der Waals surface area contributed by atoms with E-state index in [1.807, 2.05) is 13.8 Å². The van der Waals surface area contributed by atoms with E-state index in [1.54, 1.807) is 30.3 Å². The number of sulfonamides is 1. The fourth-order valence-electron chi connectivity index (χ4n) is 2.02. The first kappa shape index (κ1) is 18.7. The van der Waals surface area contributed by atoms with Gasteiger partial charge in [0.25, 0.3) is 10.0 Å². The molecule has 0 unspecified atom stereocenters. The number of hydrogen-bond acceptors (Lipinski definition) is 3. The summed E-state index contributed by atoms with van der Waals surface area (Å²) in [4.78, 5) is 0.268. The van der Waals surface area contributed by atoms with Crippen LogP contribution in [0, 0.1) is 12.8 Å². The molecule has 1 aromatic carbocycles. The number of aliphatic hydroxyl groups is 1. The van der Waals surface area contributed by atoms with Gasteiger partial charge in [-0.3, -0.25) is 4.31 Å². The lowest BCUT2D eigenvalue weighted by Gasteiger charge is -2.18. The van der Waals surface area contributed by atoms with Gasteiger partial charge in [0.1, 0.15) is 0 Å². The molecule has 0 radical (unpaired) electrons. The fourth-order valence-corrected chi connectivity index (χ4v) is 3.06. The molecule has 22 heavy (non-hydrogen) atoms. The maximum Gasteiger partial charge on any atom is 0.263 e. The average Bonchev–Trinajstić information content (AvgIpc) is 2.50. The Morgan fingerprint density at radius 1 is 1.27 bits per heavy atom. The van der Waals surface area contributed by atoms with E-state index in [9.17, 15) is 13.5 Å². The maximum absolute atomic E-state index is 12.4. The Kier molecular flexibility index (Phi) is 7.10. The van der Waals surface area contributed by atoms with Crippen molar-refractivity contribution in [1.29, 1.82) is 0 Å². The standard InChI is InChI=1S/C17H27NO3S/c1-5-6-7-17(19)15(3)12-13-18(4)22(20,21)16-10-8-14(2)9-11-16/h8-13,15,17,19H,5-7H2,1-4H3/b13-12-/t15-,17+/m1/s1. The Hall–Kier alpha value is -1.33. The molecule has 0 aliphatic heterocycles. The van der Waals surface area contributed by atoms with E-state index in [2.05, 4.69) is 6.92 Å². The highest BCUT2D eigenvalue weighted by atomic mass is 32.2. The van der Waals surface area contributed by atoms with Gasteiger partial charge in [0.05, 0.1) is 11.0 Å². The minimum Gasteiger partial charge on any atom is -0.393 e. The summed E-state index contributed by atoms with van der Waals surface area (Å²) in [7, 11) is -2.02. The molecule has 0 saturated carbocycles. The first-order valence-electron chi connectivity index (χ1n) is 7.70. The number of hydrogen-bond donors (Lipinski definition) is 1. The molecule has 0 aromatic heterocycles. The Labute approximate surface area is 134 Å².